The first-order valence-electron chi connectivity index (χ1n) is 6.17. The van der Waals surface area contributed by atoms with Crippen molar-refractivity contribution in [1.29, 1.82) is 0 Å². The van der Waals surface area contributed by atoms with Gasteiger partial charge in [0.15, 0.2) is 0 Å². The third kappa shape index (κ3) is 4.58. The molecule has 0 spiro atoms. The summed E-state index contributed by atoms with van der Waals surface area (Å²) in [6, 6.07) is 0. The molecule has 0 fully saturated rings. The van der Waals surface area contributed by atoms with Crippen LogP contribution < -0.4 is 5.73 Å². The van der Waals surface area contributed by atoms with E-state index in [-0.39, 0.29) is 12.5 Å². The van der Waals surface area contributed by atoms with Gasteiger partial charge in [-0.15, -0.1) is 0 Å². The number of carbonyl (C=O) groups excluding carboxylic acids is 1. The van der Waals surface area contributed by atoms with Gasteiger partial charge in [0.1, 0.15) is 0 Å². The van der Waals surface area contributed by atoms with Crippen LogP contribution in [0.1, 0.15) is 39.5 Å². The third-order valence-electron chi connectivity index (χ3n) is 3.06. The third-order valence-corrected chi connectivity index (χ3v) is 3.06. The van der Waals surface area contributed by atoms with Gasteiger partial charge in [0, 0.05) is 13.6 Å². The van der Waals surface area contributed by atoms with Crippen LogP contribution in [0.3, 0.4) is 0 Å². The van der Waals surface area contributed by atoms with E-state index in [2.05, 4.69) is 0 Å². The van der Waals surface area contributed by atoms with E-state index < -0.39 is 18.4 Å². The van der Waals surface area contributed by atoms with Crippen LogP contribution in [-0.4, -0.2) is 37.4 Å². The number of nitrogens with zero attached hydrogens (tertiary/aromatic N) is 1. The number of carbonyl (C=O) groups is 1. The molecule has 0 aromatic rings. The highest BCUT2D eigenvalue weighted by Gasteiger charge is 2.37. The Morgan fingerprint density at radius 2 is 1.76 bits per heavy atom. The molecule has 0 aromatic carbocycles. The van der Waals surface area contributed by atoms with E-state index in [0.717, 1.165) is 17.7 Å². The van der Waals surface area contributed by atoms with Crippen molar-refractivity contribution in [3.8, 4) is 0 Å². The summed E-state index contributed by atoms with van der Waals surface area (Å²) >= 11 is 0. The molecule has 1 amide bonds. The lowest BCUT2D eigenvalue weighted by Crippen LogP contribution is -2.47. The van der Waals surface area contributed by atoms with Crippen LogP contribution in [0.2, 0.25) is 0 Å². The Morgan fingerprint density at radius 3 is 2.06 bits per heavy atom. The molecule has 2 N–H and O–H groups in total. The molecule has 0 aromatic heterocycles. The smallest absolute Gasteiger partial charge is 0.255 e. The number of alkyl halides is 2. The topological polar surface area (TPSA) is 46.3 Å². The zero-order valence-corrected chi connectivity index (χ0v) is 11.0. The standard InChI is InChI=1S/C12H24F2N2O/c1-4-6-12(9-15,7-5-2)11(17)16(3)8-10(13)14/h10H,4-9,15H2,1-3H3. The summed E-state index contributed by atoms with van der Waals surface area (Å²) in [4.78, 5) is 13.3. The summed E-state index contributed by atoms with van der Waals surface area (Å²) in [7, 11) is 1.42. The average Bonchev–Trinajstić information content (AvgIpc) is 2.26. The van der Waals surface area contributed by atoms with E-state index in [4.69, 9.17) is 5.73 Å². The fraction of sp³-hybridized carbons (Fsp3) is 0.917. The van der Waals surface area contributed by atoms with Gasteiger partial charge in [0.2, 0.25) is 5.91 Å². The van der Waals surface area contributed by atoms with Gasteiger partial charge in [0.25, 0.3) is 6.43 Å². The molecule has 102 valence electrons. The van der Waals surface area contributed by atoms with Crippen LogP contribution in [0, 0.1) is 5.41 Å². The van der Waals surface area contributed by atoms with Gasteiger partial charge in [-0.3, -0.25) is 4.79 Å². The molecule has 0 unspecified atom stereocenters. The van der Waals surface area contributed by atoms with Crippen LogP contribution in [0.25, 0.3) is 0 Å². The van der Waals surface area contributed by atoms with Gasteiger partial charge in [0.05, 0.1) is 12.0 Å². The van der Waals surface area contributed by atoms with Gasteiger partial charge in [-0.1, -0.05) is 26.7 Å². The van der Waals surface area contributed by atoms with E-state index in [1.807, 2.05) is 13.8 Å². The van der Waals surface area contributed by atoms with Crippen LogP contribution in [0.5, 0.6) is 0 Å². The highest BCUT2D eigenvalue weighted by atomic mass is 19.3. The number of rotatable bonds is 8. The predicted molar refractivity (Wildman–Crippen MR) is 64.9 cm³/mol. The monoisotopic (exact) mass is 250 g/mol. The molecule has 0 atom stereocenters. The SMILES string of the molecule is CCCC(CN)(CCC)C(=O)N(C)CC(F)F. The fourth-order valence-corrected chi connectivity index (χ4v) is 2.28. The van der Waals surface area contributed by atoms with E-state index in [1.165, 1.54) is 7.05 Å². The van der Waals surface area contributed by atoms with Gasteiger partial charge in [-0.05, 0) is 12.8 Å². The van der Waals surface area contributed by atoms with Crippen molar-refractivity contribution in [1.82, 2.24) is 4.90 Å². The molecule has 0 aliphatic rings. The second-order valence-corrected chi connectivity index (χ2v) is 4.56. The van der Waals surface area contributed by atoms with Crippen molar-refractivity contribution in [2.45, 2.75) is 46.0 Å². The summed E-state index contributed by atoms with van der Waals surface area (Å²) in [6.07, 6.45) is 0.465. The molecule has 3 nitrogen and oxygen atoms in total. The Kier molecular flexibility index (Phi) is 7.27. The minimum atomic E-state index is -2.50. The van der Waals surface area contributed by atoms with Crippen molar-refractivity contribution < 1.29 is 13.6 Å². The van der Waals surface area contributed by atoms with Crippen molar-refractivity contribution in [2.75, 3.05) is 20.1 Å². The van der Waals surface area contributed by atoms with E-state index in [1.54, 1.807) is 0 Å². The molecule has 0 bridgehead atoms. The second-order valence-electron chi connectivity index (χ2n) is 4.56. The molecular formula is C12H24F2N2O. The van der Waals surface area contributed by atoms with Gasteiger partial charge < -0.3 is 10.6 Å². The maximum Gasteiger partial charge on any atom is 0.255 e. The molecule has 0 radical (unpaired) electrons. The van der Waals surface area contributed by atoms with Crippen molar-refractivity contribution in [3.05, 3.63) is 0 Å². The molecule has 5 heteroatoms. The fourth-order valence-electron chi connectivity index (χ4n) is 2.28. The number of hydrogen-bond acceptors (Lipinski definition) is 2. The minimum Gasteiger partial charge on any atom is -0.340 e. The number of amides is 1. The zero-order valence-electron chi connectivity index (χ0n) is 11.0. The Balaban J connectivity index is 4.83. The first-order chi connectivity index (χ1) is 7.93. The second kappa shape index (κ2) is 7.58. The van der Waals surface area contributed by atoms with E-state index in [0.29, 0.717) is 12.8 Å². The summed E-state index contributed by atoms with van der Waals surface area (Å²) in [5, 5.41) is 0. The summed E-state index contributed by atoms with van der Waals surface area (Å²) in [5.74, 6) is -0.246. The first kappa shape index (κ1) is 16.3. The maximum atomic E-state index is 12.3. The molecule has 0 saturated heterocycles. The van der Waals surface area contributed by atoms with Gasteiger partial charge >= 0.3 is 0 Å². The van der Waals surface area contributed by atoms with E-state index in [9.17, 15) is 13.6 Å². The minimum absolute atomic E-state index is 0.223. The largest absolute Gasteiger partial charge is 0.340 e. The lowest BCUT2D eigenvalue weighted by atomic mass is 9.78. The van der Waals surface area contributed by atoms with Crippen molar-refractivity contribution in [3.63, 3.8) is 0 Å². The Morgan fingerprint density at radius 1 is 1.29 bits per heavy atom. The Labute approximate surface area is 102 Å². The Hall–Kier alpha value is -0.710. The summed E-state index contributed by atoms with van der Waals surface area (Å²) in [6.45, 7) is 3.65. The molecule has 0 saturated carbocycles. The van der Waals surface area contributed by atoms with Crippen LogP contribution in [0.4, 0.5) is 8.78 Å². The number of halogens is 2. The number of nitrogens with two attached hydrogens (primary N) is 1. The van der Waals surface area contributed by atoms with Crippen LogP contribution >= 0.6 is 0 Å². The Bertz CT molecular complexity index is 229. The molecule has 0 aliphatic heterocycles. The van der Waals surface area contributed by atoms with Crippen molar-refractivity contribution >= 4 is 5.91 Å². The lowest BCUT2D eigenvalue weighted by molar-refractivity contribution is -0.143. The molecule has 0 heterocycles. The summed E-state index contributed by atoms with van der Waals surface area (Å²) in [5.41, 5.74) is 5.05. The van der Waals surface area contributed by atoms with Gasteiger partial charge in [-0.2, -0.15) is 0 Å². The van der Waals surface area contributed by atoms with Gasteiger partial charge in [-0.25, -0.2) is 8.78 Å². The van der Waals surface area contributed by atoms with E-state index >= 15 is 0 Å². The highest BCUT2D eigenvalue weighted by Crippen LogP contribution is 2.31. The van der Waals surface area contributed by atoms with Crippen LogP contribution in [0.15, 0.2) is 0 Å². The number of hydrogen-bond donors (Lipinski definition) is 1. The molecule has 0 aliphatic carbocycles. The maximum absolute atomic E-state index is 12.3. The lowest BCUT2D eigenvalue weighted by Gasteiger charge is -2.34. The quantitative estimate of drug-likeness (QED) is 0.718. The normalized spacial score (nSPS) is 11.9. The molecular weight excluding hydrogens is 226 g/mol. The molecule has 0 rings (SSSR count). The zero-order chi connectivity index (χ0) is 13.5. The van der Waals surface area contributed by atoms with Crippen molar-refractivity contribution in [2.24, 2.45) is 11.1 Å². The highest BCUT2D eigenvalue weighted by molar-refractivity contribution is 5.82. The predicted octanol–water partition coefficient (Wildman–Crippen LogP) is 2.26. The summed E-state index contributed by atoms with van der Waals surface area (Å²) < 4.78 is 24.6. The first-order valence-corrected chi connectivity index (χ1v) is 6.17. The average molecular weight is 250 g/mol. The van der Waals surface area contributed by atoms with Crippen LogP contribution in [-0.2, 0) is 4.79 Å². The molecule has 17 heavy (non-hydrogen) atoms.